The van der Waals surface area contributed by atoms with Crippen molar-refractivity contribution in [3.8, 4) is 0 Å². The van der Waals surface area contributed by atoms with Gasteiger partial charge < -0.3 is 0 Å². The number of hydrogen-bond donors (Lipinski definition) is 1. The van der Waals surface area contributed by atoms with Gasteiger partial charge in [0.1, 0.15) is 0 Å². The molecule has 0 radical (unpaired) electrons. The summed E-state index contributed by atoms with van der Waals surface area (Å²) >= 11 is 0. The summed E-state index contributed by atoms with van der Waals surface area (Å²) in [7, 11) is 0. The Kier molecular flexibility index (Phi) is 2.47. The van der Waals surface area contributed by atoms with Gasteiger partial charge in [0.05, 0.1) is 5.69 Å². The van der Waals surface area contributed by atoms with E-state index >= 15 is 0 Å². The summed E-state index contributed by atoms with van der Waals surface area (Å²) < 4.78 is 61.0. The Morgan fingerprint density at radius 2 is 1.71 bits per heavy atom. The molecule has 14 heavy (non-hydrogen) atoms. The summed E-state index contributed by atoms with van der Waals surface area (Å²) in [6.45, 7) is 1.41. The van der Waals surface area contributed by atoms with Crippen molar-refractivity contribution in [2.45, 2.75) is 25.4 Å². The lowest BCUT2D eigenvalue weighted by atomic mass is 10.1. The highest BCUT2D eigenvalue weighted by atomic mass is 19.4. The maximum Gasteiger partial charge on any atom is 0.459 e. The van der Waals surface area contributed by atoms with Crippen LogP contribution >= 0.6 is 0 Å². The zero-order chi connectivity index (χ0) is 11.0. The number of aromatic amines is 1. The average molecular weight is 215 g/mol. The minimum Gasteiger partial charge on any atom is -0.197 e. The monoisotopic (exact) mass is 215 g/mol. The first-order chi connectivity index (χ1) is 6.30. The molecule has 0 spiro atoms. The van der Waals surface area contributed by atoms with Crippen molar-refractivity contribution < 1.29 is 22.0 Å². The Morgan fingerprint density at radius 3 is 2.14 bits per heavy atom. The first kappa shape index (κ1) is 10.9. The third-order valence-corrected chi connectivity index (χ3v) is 1.61. The molecule has 0 aliphatic carbocycles. The maximum atomic E-state index is 12.7. The van der Waals surface area contributed by atoms with Crippen LogP contribution in [0.3, 0.4) is 0 Å². The molecule has 3 nitrogen and oxygen atoms in total. The van der Waals surface area contributed by atoms with Gasteiger partial charge in [0.2, 0.25) is 0 Å². The zero-order valence-corrected chi connectivity index (χ0v) is 6.99. The number of hydrogen-bond acceptors (Lipinski definition) is 2. The second-order valence-electron chi connectivity index (χ2n) is 2.54. The Morgan fingerprint density at radius 1 is 1.14 bits per heavy atom. The van der Waals surface area contributed by atoms with Crippen molar-refractivity contribution in [2.75, 3.05) is 0 Å². The number of nitrogens with zero attached hydrogens (tertiary/aromatic N) is 2. The van der Waals surface area contributed by atoms with Gasteiger partial charge in [-0.25, -0.2) is 0 Å². The second-order valence-corrected chi connectivity index (χ2v) is 2.54. The molecule has 0 unspecified atom stereocenters. The van der Waals surface area contributed by atoms with Crippen molar-refractivity contribution in [1.29, 1.82) is 0 Å². The Hall–Kier alpha value is -1.21. The molecule has 0 bridgehead atoms. The van der Waals surface area contributed by atoms with Crippen LogP contribution in [0.5, 0.6) is 0 Å². The SMILES string of the molecule is CCc1n[nH]nc1C(F)(F)C(F)(F)F. The van der Waals surface area contributed by atoms with Crippen LogP contribution in [0.4, 0.5) is 22.0 Å². The first-order valence-electron chi connectivity index (χ1n) is 3.65. The summed E-state index contributed by atoms with van der Waals surface area (Å²) in [4.78, 5) is 0. The van der Waals surface area contributed by atoms with Crippen molar-refractivity contribution in [3.63, 3.8) is 0 Å². The lowest BCUT2D eigenvalue weighted by Crippen LogP contribution is -2.35. The number of aryl methyl sites for hydroxylation is 1. The van der Waals surface area contributed by atoms with Crippen LogP contribution in [0.25, 0.3) is 0 Å². The fraction of sp³-hybridized carbons (Fsp3) is 0.667. The molecule has 8 heteroatoms. The number of rotatable bonds is 2. The zero-order valence-electron chi connectivity index (χ0n) is 6.99. The minimum atomic E-state index is -5.65. The number of H-pyrrole nitrogens is 1. The predicted octanol–water partition coefficient (Wildman–Crippen LogP) is 2.02. The molecule has 1 aromatic heterocycles. The van der Waals surface area contributed by atoms with Gasteiger partial charge in [-0.15, -0.1) is 0 Å². The van der Waals surface area contributed by atoms with Crippen LogP contribution in [0.1, 0.15) is 18.3 Å². The molecule has 0 atom stereocenters. The highest BCUT2D eigenvalue weighted by molar-refractivity contribution is 5.16. The van der Waals surface area contributed by atoms with E-state index in [1.807, 2.05) is 0 Å². The molecule has 0 aliphatic heterocycles. The molecule has 1 heterocycles. The molecular weight excluding hydrogens is 209 g/mol. The lowest BCUT2D eigenvalue weighted by Gasteiger charge is -2.17. The number of aromatic nitrogens is 3. The largest absolute Gasteiger partial charge is 0.459 e. The quantitative estimate of drug-likeness (QED) is 0.767. The van der Waals surface area contributed by atoms with E-state index in [1.54, 1.807) is 5.21 Å². The highest BCUT2D eigenvalue weighted by Gasteiger charge is 2.61. The first-order valence-corrected chi connectivity index (χ1v) is 3.65. The van der Waals surface area contributed by atoms with Gasteiger partial charge in [0, 0.05) is 0 Å². The van der Waals surface area contributed by atoms with Crippen LogP contribution in [0.2, 0.25) is 0 Å². The Balaban J connectivity index is 3.16. The van der Waals surface area contributed by atoms with Gasteiger partial charge in [-0.3, -0.25) is 0 Å². The lowest BCUT2D eigenvalue weighted by molar-refractivity contribution is -0.291. The average Bonchev–Trinajstić information content (AvgIpc) is 2.49. The predicted molar refractivity (Wildman–Crippen MR) is 35.7 cm³/mol. The molecule has 80 valence electrons. The van der Waals surface area contributed by atoms with Crippen molar-refractivity contribution in [2.24, 2.45) is 0 Å². The summed E-state index contributed by atoms with van der Waals surface area (Å²) in [5.41, 5.74) is -1.74. The van der Waals surface area contributed by atoms with E-state index in [1.165, 1.54) is 6.92 Å². The van der Waals surface area contributed by atoms with Crippen LogP contribution in [0.15, 0.2) is 0 Å². The molecule has 1 aromatic rings. The smallest absolute Gasteiger partial charge is 0.197 e. The van der Waals surface area contributed by atoms with Crippen molar-refractivity contribution in [1.82, 2.24) is 15.4 Å². The number of nitrogens with one attached hydrogen (secondary N) is 1. The topological polar surface area (TPSA) is 41.6 Å². The number of halogens is 5. The van der Waals surface area contributed by atoms with Crippen LogP contribution in [-0.4, -0.2) is 21.6 Å². The third kappa shape index (κ3) is 1.55. The summed E-state index contributed by atoms with van der Waals surface area (Å²) in [6, 6.07) is 0. The van der Waals surface area contributed by atoms with Crippen molar-refractivity contribution >= 4 is 0 Å². The van der Waals surface area contributed by atoms with E-state index in [9.17, 15) is 22.0 Å². The van der Waals surface area contributed by atoms with Gasteiger partial charge >= 0.3 is 12.1 Å². The molecule has 1 rings (SSSR count). The standard InChI is InChI=1S/C6H6F5N3/c1-2-3-4(13-14-12-3)5(7,8)6(9,10)11/h2H2,1H3,(H,12,13,14). The van der Waals surface area contributed by atoms with Crippen molar-refractivity contribution in [3.05, 3.63) is 11.4 Å². The normalized spacial score (nSPS) is 13.3. The van der Waals surface area contributed by atoms with Crippen LogP contribution in [-0.2, 0) is 12.3 Å². The van der Waals surface area contributed by atoms with Gasteiger partial charge in [-0.05, 0) is 6.42 Å². The molecule has 1 N–H and O–H groups in total. The summed E-state index contributed by atoms with van der Waals surface area (Å²) in [5.74, 6) is -4.95. The van der Waals surface area contributed by atoms with Gasteiger partial charge in [-0.1, -0.05) is 6.92 Å². The number of alkyl halides is 5. The van der Waals surface area contributed by atoms with Gasteiger partial charge in [0.25, 0.3) is 0 Å². The van der Waals surface area contributed by atoms with E-state index in [4.69, 9.17) is 0 Å². The summed E-state index contributed by atoms with van der Waals surface area (Å²) in [6.07, 6.45) is -5.69. The molecule has 0 saturated heterocycles. The molecule has 0 saturated carbocycles. The molecule has 0 aromatic carbocycles. The summed E-state index contributed by atoms with van der Waals surface area (Å²) in [5, 5.41) is 7.76. The van der Waals surface area contributed by atoms with Gasteiger partial charge in [0.15, 0.2) is 5.69 Å². The van der Waals surface area contributed by atoms with E-state index in [-0.39, 0.29) is 12.1 Å². The Bertz CT molecular complexity index is 316. The highest BCUT2D eigenvalue weighted by Crippen LogP contribution is 2.43. The van der Waals surface area contributed by atoms with E-state index in [0.717, 1.165) is 0 Å². The van der Waals surface area contributed by atoms with Crippen LogP contribution < -0.4 is 0 Å². The molecular formula is C6H6F5N3. The van der Waals surface area contributed by atoms with E-state index in [2.05, 4.69) is 10.2 Å². The van der Waals surface area contributed by atoms with E-state index in [0.29, 0.717) is 0 Å². The second kappa shape index (κ2) is 3.18. The van der Waals surface area contributed by atoms with E-state index < -0.39 is 17.8 Å². The fourth-order valence-corrected chi connectivity index (χ4v) is 0.885. The minimum absolute atomic E-state index is 0.0441. The van der Waals surface area contributed by atoms with Gasteiger partial charge in [-0.2, -0.15) is 37.4 Å². The molecule has 0 aliphatic rings. The Labute approximate surface area is 75.3 Å². The molecule has 0 amide bonds. The maximum absolute atomic E-state index is 12.7. The fourth-order valence-electron chi connectivity index (χ4n) is 0.885. The third-order valence-electron chi connectivity index (χ3n) is 1.61. The molecule has 0 fully saturated rings. The van der Waals surface area contributed by atoms with Crippen LogP contribution in [0, 0.1) is 0 Å².